The van der Waals surface area contributed by atoms with Crippen LogP contribution in [0.2, 0.25) is 0 Å². The van der Waals surface area contributed by atoms with Gasteiger partial charge in [0.1, 0.15) is 11.6 Å². The first-order valence-electron chi connectivity index (χ1n) is 8.54. The highest BCUT2D eigenvalue weighted by molar-refractivity contribution is 5.51. The zero-order valence-corrected chi connectivity index (χ0v) is 14.5. The highest BCUT2D eigenvalue weighted by Crippen LogP contribution is 2.22. The van der Waals surface area contributed by atoms with Crippen molar-refractivity contribution in [1.82, 2.24) is 34.8 Å². The Kier molecular flexibility index (Phi) is 4.27. The van der Waals surface area contributed by atoms with Gasteiger partial charge in [0.05, 0.1) is 13.1 Å². The van der Waals surface area contributed by atoms with Crippen molar-refractivity contribution in [1.29, 1.82) is 0 Å². The van der Waals surface area contributed by atoms with Gasteiger partial charge in [-0.3, -0.25) is 9.88 Å². The standard InChI is InChI=1S/C17H21N7O/c1-12-19-13(2)24(21-12)10-15-6-4-8-23(15)11-16-20-17(22-25-16)14-5-3-7-18-9-14/h3,5,7,9,15H,4,6,8,10-11H2,1-2H3/t15-/m0/s1. The number of pyridine rings is 1. The first kappa shape index (κ1) is 15.9. The summed E-state index contributed by atoms with van der Waals surface area (Å²) in [5.74, 6) is 3.00. The van der Waals surface area contributed by atoms with Crippen LogP contribution in [0.1, 0.15) is 30.4 Å². The van der Waals surface area contributed by atoms with Crippen LogP contribution < -0.4 is 0 Å². The third kappa shape index (κ3) is 3.43. The minimum absolute atomic E-state index is 0.411. The zero-order valence-electron chi connectivity index (χ0n) is 14.5. The fourth-order valence-electron chi connectivity index (χ4n) is 3.35. The van der Waals surface area contributed by atoms with Crippen molar-refractivity contribution < 1.29 is 4.52 Å². The normalized spacial score (nSPS) is 18.1. The maximum absolute atomic E-state index is 5.44. The molecular formula is C17H21N7O. The number of aromatic nitrogens is 6. The molecule has 0 radical (unpaired) electrons. The van der Waals surface area contributed by atoms with Gasteiger partial charge in [-0.25, -0.2) is 9.67 Å². The summed E-state index contributed by atoms with van der Waals surface area (Å²) in [6.07, 6.45) is 5.78. The quantitative estimate of drug-likeness (QED) is 0.703. The van der Waals surface area contributed by atoms with E-state index >= 15 is 0 Å². The van der Waals surface area contributed by atoms with E-state index in [9.17, 15) is 0 Å². The van der Waals surface area contributed by atoms with Gasteiger partial charge < -0.3 is 4.52 Å². The summed E-state index contributed by atoms with van der Waals surface area (Å²) in [6.45, 7) is 6.45. The number of hydrogen-bond donors (Lipinski definition) is 0. The first-order chi connectivity index (χ1) is 12.2. The Bertz CT molecular complexity index is 842. The molecule has 130 valence electrons. The zero-order chi connectivity index (χ0) is 17.2. The van der Waals surface area contributed by atoms with Crippen molar-refractivity contribution in [3.8, 4) is 11.4 Å². The lowest BCUT2D eigenvalue weighted by atomic mass is 10.2. The van der Waals surface area contributed by atoms with E-state index in [1.807, 2.05) is 30.7 Å². The minimum Gasteiger partial charge on any atom is -0.338 e. The Morgan fingerprint density at radius 2 is 2.20 bits per heavy atom. The molecule has 3 aromatic heterocycles. The maximum atomic E-state index is 5.44. The van der Waals surface area contributed by atoms with Crippen LogP contribution in [0.3, 0.4) is 0 Å². The number of hydrogen-bond acceptors (Lipinski definition) is 7. The van der Waals surface area contributed by atoms with Gasteiger partial charge in [-0.05, 0) is 45.4 Å². The number of nitrogens with zero attached hydrogens (tertiary/aromatic N) is 7. The predicted molar refractivity (Wildman–Crippen MR) is 90.5 cm³/mol. The van der Waals surface area contributed by atoms with Crippen LogP contribution in [0.4, 0.5) is 0 Å². The molecule has 0 amide bonds. The molecule has 0 aromatic carbocycles. The molecule has 1 atom stereocenters. The molecule has 1 aliphatic rings. The first-order valence-corrected chi connectivity index (χ1v) is 8.54. The molecule has 4 rings (SSSR count). The molecule has 0 aliphatic carbocycles. The number of aryl methyl sites for hydroxylation is 2. The molecule has 0 N–H and O–H groups in total. The maximum Gasteiger partial charge on any atom is 0.241 e. The van der Waals surface area contributed by atoms with Gasteiger partial charge in [0, 0.05) is 24.0 Å². The van der Waals surface area contributed by atoms with Crippen LogP contribution in [0.5, 0.6) is 0 Å². The molecule has 0 spiro atoms. The van der Waals surface area contributed by atoms with E-state index in [1.54, 1.807) is 12.4 Å². The van der Waals surface area contributed by atoms with Crippen LogP contribution in [0, 0.1) is 13.8 Å². The van der Waals surface area contributed by atoms with Gasteiger partial charge >= 0.3 is 0 Å². The molecule has 0 saturated carbocycles. The van der Waals surface area contributed by atoms with Gasteiger partial charge in [0.2, 0.25) is 11.7 Å². The summed E-state index contributed by atoms with van der Waals surface area (Å²) in [5, 5.41) is 8.55. The van der Waals surface area contributed by atoms with Crippen LogP contribution in [0.15, 0.2) is 29.0 Å². The molecule has 25 heavy (non-hydrogen) atoms. The van der Waals surface area contributed by atoms with Gasteiger partial charge in [-0.2, -0.15) is 10.1 Å². The van der Waals surface area contributed by atoms with Crippen LogP contribution in [0.25, 0.3) is 11.4 Å². The van der Waals surface area contributed by atoms with Crippen LogP contribution in [-0.4, -0.2) is 47.4 Å². The molecule has 8 nitrogen and oxygen atoms in total. The lowest BCUT2D eigenvalue weighted by Crippen LogP contribution is -2.33. The summed E-state index contributed by atoms with van der Waals surface area (Å²) in [7, 11) is 0. The average Bonchev–Trinajstić information content (AvgIpc) is 3.32. The number of rotatable bonds is 5. The largest absolute Gasteiger partial charge is 0.338 e. The average molecular weight is 339 g/mol. The molecule has 3 aromatic rings. The lowest BCUT2D eigenvalue weighted by molar-refractivity contribution is 0.191. The molecule has 4 heterocycles. The molecule has 0 unspecified atom stereocenters. The van der Waals surface area contributed by atoms with Gasteiger partial charge in [0.25, 0.3) is 0 Å². The smallest absolute Gasteiger partial charge is 0.241 e. The van der Waals surface area contributed by atoms with Crippen molar-refractivity contribution in [3.63, 3.8) is 0 Å². The summed E-state index contributed by atoms with van der Waals surface area (Å²) in [6, 6.07) is 4.20. The predicted octanol–water partition coefficient (Wildman–Crippen LogP) is 2.00. The van der Waals surface area contributed by atoms with E-state index in [0.29, 0.717) is 24.3 Å². The minimum atomic E-state index is 0.411. The van der Waals surface area contributed by atoms with Crippen molar-refractivity contribution >= 4 is 0 Å². The second-order valence-electron chi connectivity index (χ2n) is 6.41. The highest BCUT2D eigenvalue weighted by Gasteiger charge is 2.27. The van der Waals surface area contributed by atoms with E-state index in [1.165, 1.54) is 6.42 Å². The fraction of sp³-hybridized carbons (Fsp3) is 0.471. The molecule has 8 heteroatoms. The Labute approximate surface area is 145 Å². The summed E-state index contributed by atoms with van der Waals surface area (Å²) >= 11 is 0. The second kappa shape index (κ2) is 6.72. The van der Waals surface area contributed by atoms with E-state index in [4.69, 9.17) is 4.52 Å². The van der Waals surface area contributed by atoms with E-state index in [2.05, 4.69) is 30.1 Å². The second-order valence-corrected chi connectivity index (χ2v) is 6.41. The molecule has 1 saturated heterocycles. The summed E-state index contributed by atoms with van der Waals surface area (Å²) in [5.41, 5.74) is 0.865. The number of likely N-dealkylation sites (tertiary alicyclic amines) is 1. The Morgan fingerprint density at radius 1 is 1.28 bits per heavy atom. The van der Waals surface area contributed by atoms with E-state index in [0.717, 1.165) is 36.7 Å². The highest BCUT2D eigenvalue weighted by atomic mass is 16.5. The Hall–Kier alpha value is -2.61. The van der Waals surface area contributed by atoms with Crippen molar-refractivity contribution in [3.05, 3.63) is 42.1 Å². The Balaban J connectivity index is 1.45. The third-order valence-electron chi connectivity index (χ3n) is 4.57. The van der Waals surface area contributed by atoms with Crippen molar-refractivity contribution in [2.24, 2.45) is 0 Å². The molecule has 1 fully saturated rings. The van der Waals surface area contributed by atoms with E-state index < -0.39 is 0 Å². The third-order valence-corrected chi connectivity index (χ3v) is 4.57. The topological polar surface area (TPSA) is 85.8 Å². The van der Waals surface area contributed by atoms with E-state index in [-0.39, 0.29) is 0 Å². The molecule has 1 aliphatic heterocycles. The van der Waals surface area contributed by atoms with Gasteiger partial charge in [-0.15, -0.1) is 0 Å². The van der Waals surface area contributed by atoms with Crippen LogP contribution >= 0.6 is 0 Å². The summed E-state index contributed by atoms with van der Waals surface area (Å²) in [4.78, 5) is 15.4. The van der Waals surface area contributed by atoms with Crippen molar-refractivity contribution in [2.75, 3.05) is 6.54 Å². The summed E-state index contributed by atoms with van der Waals surface area (Å²) < 4.78 is 7.44. The monoisotopic (exact) mass is 339 g/mol. The SMILES string of the molecule is Cc1nc(C)n(C[C@@H]2CCCN2Cc2nc(-c3cccnc3)no2)n1. The fourth-order valence-corrected chi connectivity index (χ4v) is 3.35. The molecule has 0 bridgehead atoms. The lowest BCUT2D eigenvalue weighted by Gasteiger charge is -2.22. The Morgan fingerprint density at radius 3 is 2.96 bits per heavy atom. The molecular weight excluding hydrogens is 318 g/mol. The van der Waals surface area contributed by atoms with Crippen molar-refractivity contribution in [2.45, 2.75) is 45.8 Å². The van der Waals surface area contributed by atoms with Gasteiger partial charge in [0.15, 0.2) is 0 Å². The van der Waals surface area contributed by atoms with Gasteiger partial charge in [-0.1, -0.05) is 5.16 Å². The van der Waals surface area contributed by atoms with Crippen LogP contribution in [-0.2, 0) is 13.1 Å².